The zero-order valence-electron chi connectivity index (χ0n) is 16.0. The zero-order chi connectivity index (χ0) is 23.0. The lowest BCUT2D eigenvalue weighted by Crippen LogP contribution is -2.27. The van der Waals surface area contributed by atoms with Gasteiger partial charge in [-0.15, -0.1) is 22.7 Å². The number of thiazole rings is 2. The molecule has 0 aromatic carbocycles. The highest BCUT2D eigenvalue weighted by molar-refractivity contribution is 7.15. The van der Waals surface area contributed by atoms with E-state index in [1.807, 2.05) is 5.38 Å². The summed E-state index contributed by atoms with van der Waals surface area (Å²) in [4.78, 5) is 37.8. The van der Waals surface area contributed by atoms with E-state index in [1.54, 1.807) is 17.5 Å². The number of rotatable bonds is 5. The molecule has 0 aliphatic rings. The van der Waals surface area contributed by atoms with Gasteiger partial charge in [0.1, 0.15) is 21.4 Å². The number of fused-ring (bicyclic) bond motifs is 1. The molecule has 0 saturated heterocycles. The van der Waals surface area contributed by atoms with E-state index < -0.39 is 28.7 Å². The van der Waals surface area contributed by atoms with Crippen LogP contribution in [0.4, 0.5) is 19.0 Å². The summed E-state index contributed by atoms with van der Waals surface area (Å²) in [6, 6.07) is 0.130. The second kappa shape index (κ2) is 8.48. The number of hydrogen-bond donors (Lipinski definition) is 2. The predicted octanol–water partition coefficient (Wildman–Crippen LogP) is 4.66. The Bertz CT molecular complexity index is 1320. The number of aromatic nitrogens is 4. The van der Waals surface area contributed by atoms with Crippen molar-refractivity contribution in [3.05, 3.63) is 62.4 Å². The van der Waals surface area contributed by atoms with Gasteiger partial charge in [-0.05, 0) is 13.0 Å². The van der Waals surface area contributed by atoms with Crippen LogP contribution in [-0.4, -0.2) is 31.2 Å². The molecule has 4 aromatic heterocycles. The minimum Gasteiger partial charge on any atom is -0.342 e. The van der Waals surface area contributed by atoms with Gasteiger partial charge >= 0.3 is 6.18 Å². The maximum Gasteiger partial charge on any atom is 0.418 e. The Labute approximate surface area is 191 Å². The molecule has 0 spiro atoms. The molecule has 0 bridgehead atoms. The normalized spacial score (nSPS) is 12.7. The van der Waals surface area contributed by atoms with Gasteiger partial charge in [0.2, 0.25) is 0 Å². The van der Waals surface area contributed by atoms with Crippen LogP contribution in [0.5, 0.6) is 0 Å². The number of amides is 2. The fourth-order valence-corrected chi connectivity index (χ4v) is 4.44. The van der Waals surface area contributed by atoms with Crippen LogP contribution in [0.1, 0.15) is 43.7 Å². The molecule has 14 heteroatoms. The molecule has 0 fully saturated rings. The van der Waals surface area contributed by atoms with Crippen LogP contribution >= 0.6 is 34.3 Å². The van der Waals surface area contributed by atoms with Crippen molar-refractivity contribution in [2.24, 2.45) is 0 Å². The molecule has 32 heavy (non-hydrogen) atoms. The summed E-state index contributed by atoms with van der Waals surface area (Å²) in [6.07, 6.45) is 0.594. The number of carbonyl (C=O) groups is 2. The Morgan fingerprint density at radius 2 is 1.94 bits per heavy atom. The van der Waals surface area contributed by atoms with Crippen molar-refractivity contribution < 1.29 is 22.8 Å². The number of carbonyl (C=O) groups excluding carboxylic acids is 2. The number of nitrogens with zero attached hydrogens (tertiary/aromatic N) is 4. The van der Waals surface area contributed by atoms with E-state index in [0.717, 1.165) is 17.5 Å². The van der Waals surface area contributed by atoms with Crippen LogP contribution in [0.15, 0.2) is 36.2 Å². The molecule has 166 valence electrons. The van der Waals surface area contributed by atoms with E-state index >= 15 is 0 Å². The summed E-state index contributed by atoms with van der Waals surface area (Å²) in [6.45, 7) is 1.70. The van der Waals surface area contributed by atoms with E-state index in [-0.39, 0.29) is 16.6 Å². The third kappa shape index (κ3) is 4.45. The minimum absolute atomic E-state index is 0.135. The number of nitrogens with one attached hydrogen (secondary N) is 2. The number of halogens is 4. The largest absolute Gasteiger partial charge is 0.418 e. The smallest absolute Gasteiger partial charge is 0.342 e. The maximum atomic E-state index is 13.0. The van der Waals surface area contributed by atoms with E-state index in [1.165, 1.54) is 23.7 Å². The second-order valence-corrected chi connectivity index (χ2v) is 8.80. The molecular weight excluding hydrogens is 489 g/mol. The summed E-state index contributed by atoms with van der Waals surface area (Å²) in [5, 5.41) is 6.75. The summed E-state index contributed by atoms with van der Waals surface area (Å²) in [5.74, 6) is -1.36. The maximum absolute atomic E-state index is 13.0. The fraction of sp³-hybridized carbons (Fsp3) is 0.167. The molecule has 0 unspecified atom stereocenters. The van der Waals surface area contributed by atoms with Crippen LogP contribution in [-0.2, 0) is 6.18 Å². The number of anilines is 1. The monoisotopic (exact) mass is 500 g/mol. The summed E-state index contributed by atoms with van der Waals surface area (Å²) in [7, 11) is 0. The SMILES string of the molecule is C[C@@H](NC(=O)c1cnc2sccn12)c1ncc(C(=O)Nc2cc(C(F)(F)F)c(Cl)cn2)s1. The molecule has 0 aliphatic heterocycles. The van der Waals surface area contributed by atoms with Gasteiger partial charge in [-0.1, -0.05) is 11.6 Å². The van der Waals surface area contributed by atoms with Crippen LogP contribution < -0.4 is 10.6 Å². The van der Waals surface area contributed by atoms with Crippen molar-refractivity contribution in [2.75, 3.05) is 5.32 Å². The van der Waals surface area contributed by atoms with Gasteiger partial charge in [0.15, 0.2) is 4.96 Å². The summed E-state index contributed by atoms with van der Waals surface area (Å²) < 4.78 is 40.6. The van der Waals surface area contributed by atoms with Gasteiger partial charge in [0.05, 0.1) is 29.0 Å². The molecule has 2 N–H and O–H groups in total. The minimum atomic E-state index is -4.69. The number of alkyl halides is 3. The van der Waals surface area contributed by atoms with Crippen LogP contribution in [0.2, 0.25) is 5.02 Å². The molecule has 0 saturated carbocycles. The first-order valence-corrected chi connectivity index (χ1v) is 10.9. The van der Waals surface area contributed by atoms with Crippen molar-refractivity contribution >= 4 is 56.9 Å². The highest BCUT2D eigenvalue weighted by Crippen LogP contribution is 2.35. The first-order chi connectivity index (χ1) is 15.1. The van der Waals surface area contributed by atoms with Gasteiger partial charge in [0.25, 0.3) is 11.8 Å². The first-order valence-electron chi connectivity index (χ1n) is 8.84. The molecule has 4 heterocycles. The third-order valence-corrected chi connectivity index (χ3v) is 6.50. The quantitative estimate of drug-likeness (QED) is 0.415. The van der Waals surface area contributed by atoms with E-state index in [9.17, 15) is 22.8 Å². The highest BCUT2D eigenvalue weighted by atomic mass is 35.5. The van der Waals surface area contributed by atoms with Gasteiger partial charge in [-0.25, -0.2) is 15.0 Å². The van der Waals surface area contributed by atoms with Crippen LogP contribution in [0.3, 0.4) is 0 Å². The lowest BCUT2D eigenvalue weighted by molar-refractivity contribution is -0.137. The average molecular weight is 501 g/mol. The average Bonchev–Trinajstić information content (AvgIpc) is 3.45. The Kier molecular flexibility index (Phi) is 5.88. The van der Waals surface area contributed by atoms with Crippen molar-refractivity contribution in [2.45, 2.75) is 19.1 Å². The molecule has 0 radical (unpaired) electrons. The van der Waals surface area contributed by atoms with Crippen LogP contribution in [0, 0.1) is 0 Å². The Morgan fingerprint density at radius 1 is 1.16 bits per heavy atom. The molecule has 8 nitrogen and oxygen atoms in total. The standard InChI is InChI=1S/C18H12ClF3N6O2S2/c1-8(26-14(29)11-6-25-17-28(11)2-3-31-17)16-24-7-12(32-16)15(30)27-13-4-9(18(20,21)22)10(19)5-23-13/h2-8H,1H3,(H,26,29)(H,23,27,30)/t8-/m1/s1. The van der Waals surface area contributed by atoms with Crippen molar-refractivity contribution in [3.63, 3.8) is 0 Å². The third-order valence-electron chi connectivity index (χ3n) is 4.25. The Hall–Kier alpha value is -3.03. The predicted molar refractivity (Wildman–Crippen MR) is 113 cm³/mol. The molecule has 4 aromatic rings. The molecule has 2 amide bonds. The molecule has 4 rings (SSSR count). The molecule has 0 aliphatic carbocycles. The van der Waals surface area contributed by atoms with Gasteiger partial charge in [-0.3, -0.25) is 14.0 Å². The lowest BCUT2D eigenvalue weighted by Gasteiger charge is -2.11. The molecular formula is C18H12ClF3N6O2S2. The first kappa shape index (κ1) is 22.2. The summed E-state index contributed by atoms with van der Waals surface area (Å²) in [5.41, 5.74) is -0.748. The number of imidazole rings is 1. The van der Waals surface area contributed by atoms with E-state index in [4.69, 9.17) is 11.6 Å². The summed E-state index contributed by atoms with van der Waals surface area (Å²) >= 11 is 7.92. The van der Waals surface area contributed by atoms with Gasteiger partial charge in [0, 0.05) is 17.8 Å². The van der Waals surface area contributed by atoms with Crippen molar-refractivity contribution in [1.82, 2.24) is 24.7 Å². The lowest BCUT2D eigenvalue weighted by atomic mass is 10.2. The molecule has 1 atom stereocenters. The van der Waals surface area contributed by atoms with Gasteiger partial charge in [-0.2, -0.15) is 13.2 Å². The second-order valence-electron chi connectivity index (χ2n) is 6.46. The Balaban J connectivity index is 1.44. The van der Waals surface area contributed by atoms with E-state index in [2.05, 4.69) is 25.6 Å². The number of hydrogen-bond acceptors (Lipinski definition) is 7. The van der Waals surface area contributed by atoms with Gasteiger partial charge < -0.3 is 10.6 Å². The Morgan fingerprint density at radius 3 is 2.69 bits per heavy atom. The van der Waals surface area contributed by atoms with Crippen LogP contribution in [0.25, 0.3) is 4.96 Å². The van der Waals surface area contributed by atoms with E-state index in [0.29, 0.717) is 21.7 Å². The zero-order valence-corrected chi connectivity index (χ0v) is 18.4. The van der Waals surface area contributed by atoms with Crippen molar-refractivity contribution in [3.8, 4) is 0 Å². The highest BCUT2D eigenvalue weighted by Gasteiger charge is 2.34. The number of pyridine rings is 1. The fourth-order valence-electron chi connectivity index (χ4n) is 2.72. The van der Waals surface area contributed by atoms with Crippen molar-refractivity contribution in [1.29, 1.82) is 0 Å². The topological polar surface area (TPSA) is 101 Å².